The molecule has 0 atom stereocenters. The Morgan fingerprint density at radius 3 is 2.38 bits per heavy atom. The van der Waals surface area contributed by atoms with Gasteiger partial charge >= 0.3 is 6.18 Å². The summed E-state index contributed by atoms with van der Waals surface area (Å²) in [6, 6.07) is 9.90. The molecule has 1 aliphatic heterocycles. The summed E-state index contributed by atoms with van der Waals surface area (Å²) < 4.78 is 50.6. The number of hydrogen-bond acceptors (Lipinski definition) is 5. The minimum atomic E-state index is -4.51. The van der Waals surface area contributed by atoms with Gasteiger partial charge in [0.25, 0.3) is 5.91 Å². The van der Waals surface area contributed by atoms with E-state index in [9.17, 15) is 18.0 Å². The molecule has 6 nitrogen and oxygen atoms in total. The maximum Gasteiger partial charge on any atom is 0.416 e. The predicted molar refractivity (Wildman–Crippen MR) is 120 cm³/mol. The van der Waals surface area contributed by atoms with Crippen LogP contribution in [0.1, 0.15) is 29.8 Å². The van der Waals surface area contributed by atoms with Gasteiger partial charge in [-0.1, -0.05) is 0 Å². The van der Waals surface area contributed by atoms with Crippen LogP contribution in [0.25, 0.3) is 0 Å². The molecule has 172 valence electrons. The lowest BCUT2D eigenvalue weighted by atomic mass is 10.1. The molecule has 0 radical (unpaired) electrons. The number of nitrogens with one attached hydrogen (secondary N) is 2. The van der Waals surface area contributed by atoms with E-state index in [1.54, 1.807) is 24.3 Å². The van der Waals surface area contributed by atoms with E-state index in [4.69, 9.17) is 21.7 Å². The second-order valence-electron chi connectivity index (χ2n) is 7.43. The normalized spacial score (nSPS) is 14.2. The lowest BCUT2D eigenvalue weighted by molar-refractivity contribution is -0.137. The van der Waals surface area contributed by atoms with Crippen LogP contribution in [-0.4, -0.2) is 43.4 Å². The summed E-state index contributed by atoms with van der Waals surface area (Å²) in [6.45, 7) is 5.79. The molecule has 0 aliphatic carbocycles. The Morgan fingerprint density at radius 2 is 1.78 bits per heavy atom. The zero-order valence-electron chi connectivity index (χ0n) is 17.7. The first-order valence-corrected chi connectivity index (χ1v) is 10.5. The molecule has 0 saturated carbocycles. The summed E-state index contributed by atoms with van der Waals surface area (Å²) in [7, 11) is 0. The van der Waals surface area contributed by atoms with Crippen LogP contribution in [-0.2, 0) is 10.9 Å². The summed E-state index contributed by atoms with van der Waals surface area (Å²) >= 11 is 5.20. The SMILES string of the molecule is CC(C)Oc1ccc(C(=O)NC(=S)Nc2cc(C(F)(F)F)ccc2N2CCOCC2)cc1. The van der Waals surface area contributed by atoms with E-state index in [-0.39, 0.29) is 16.9 Å². The molecular formula is C22H24F3N3O3S. The van der Waals surface area contributed by atoms with Crippen LogP contribution < -0.4 is 20.3 Å². The van der Waals surface area contributed by atoms with Gasteiger partial charge < -0.3 is 19.7 Å². The lowest BCUT2D eigenvalue weighted by Crippen LogP contribution is -2.38. The van der Waals surface area contributed by atoms with Crippen molar-refractivity contribution in [1.82, 2.24) is 5.32 Å². The first-order chi connectivity index (χ1) is 15.1. The highest BCUT2D eigenvalue weighted by Crippen LogP contribution is 2.35. The van der Waals surface area contributed by atoms with E-state index >= 15 is 0 Å². The number of morpholine rings is 1. The molecule has 1 aliphatic rings. The van der Waals surface area contributed by atoms with Crippen molar-refractivity contribution in [2.75, 3.05) is 36.5 Å². The highest BCUT2D eigenvalue weighted by Gasteiger charge is 2.31. The number of anilines is 2. The number of halogens is 3. The number of carbonyl (C=O) groups excluding carboxylic acids is 1. The van der Waals surface area contributed by atoms with E-state index in [1.165, 1.54) is 6.07 Å². The van der Waals surface area contributed by atoms with Gasteiger partial charge in [-0.25, -0.2) is 0 Å². The topological polar surface area (TPSA) is 62.8 Å². The Labute approximate surface area is 189 Å². The van der Waals surface area contributed by atoms with Crippen LogP contribution in [0.5, 0.6) is 5.75 Å². The van der Waals surface area contributed by atoms with Gasteiger partial charge in [-0.05, 0) is 68.5 Å². The third kappa shape index (κ3) is 6.33. The van der Waals surface area contributed by atoms with Gasteiger partial charge in [0, 0.05) is 18.7 Å². The Bertz CT molecular complexity index is 959. The summed E-state index contributed by atoms with van der Waals surface area (Å²) in [5.74, 6) is 0.134. The molecular weight excluding hydrogens is 443 g/mol. The van der Waals surface area contributed by atoms with Crippen LogP contribution in [0.15, 0.2) is 42.5 Å². The van der Waals surface area contributed by atoms with Gasteiger partial charge in [0.1, 0.15) is 5.75 Å². The van der Waals surface area contributed by atoms with Gasteiger partial charge in [-0.2, -0.15) is 13.2 Å². The molecule has 10 heteroatoms. The molecule has 1 saturated heterocycles. The second kappa shape index (κ2) is 10.2. The quantitative estimate of drug-likeness (QED) is 0.634. The van der Waals surface area contributed by atoms with Crippen molar-refractivity contribution in [2.24, 2.45) is 0 Å². The average Bonchev–Trinajstić information content (AvgIpc) is 2.73. The minimum absolute atomic E-state index is 0.000390. The van der Waals surface area contributed by atoms with Gasteiger partial charge in [-0.3, -0.25) is 10.1 Å². The molecule has 3 rings (SSSR count). The number of benzene rings is 2. The first kappa shape index (κ1) is 23.8. The monoisotopic (exact) mass is 467 g/mol. The predicted octanol–water partition coefficient (Wildman–Crippen LogP) is 4.46. The molecule has 0 unspecified atom stereocenters. The van der Waals surface area contributed by atoms with Gasteiger partial charge in [0.05, 0.1) is 36.3 Å². The van der Waals surface area contributed by atoms with Crippen LogP contribution in [0.4, 0.5) is 24.5 Å². The van der Waals surface area contributed by atoms with Crippen molar-refractivity contribution >= 4 is 34.6 Å². The fraction of sp³-hybridized carbons (Fsp3) is 0.364. The van der Waals surface area contributed by atoms with Crippen molar-refractivity contribution in [3.05, 3.63) is 53.6 Å². The van der Waals surface area contributed by atoms with Crippen molar-refractivity contribution in [2.45, 2.75) is 26.1 Å². The fourth-order valence-corrected chi connectivity index (χ4v) is 3.38. The number of ether oxygens (including phenoxy) is 2. The fourth-order valence-electron chi connectivity index (χ4n) is 3.18. The second-order valence-corrected chi connectivity index (χ2v) is 7.84. The Balaban J connectivity index is 1.74. The number of carbonyl (C=O) groups is 1. The zero-order valence-corrected chi connectivity index (χ0v) is 18.5. The van der Waals surface area contributed by atoms with Gasteiger partial charge in [-0.15, -0.1) is 0 Å². The molecule has 0 aromatic heterocycles. The zero-order chi connectivity index (χ0) is 23.3. The average molecular weight is 468 g/mol. The summed E-state index contributed by atoms with van der Waals surface area (Å²) in [4.78, 5) is 14.4. The molecule has 0 bridgehead atoms. The Morgan fingerprint density at radius 1 is 1.12 bits per heavy atom. The van der Waals surface area contributed by atoms with Crippen LogP contribution >= 0.6 is 12.2 Å². The Kier molecular flexibility index (Phi) is 7.57. The third-order valence-electron chi connectivity index (χ3n) is 4.64. The molecule has 2 aromatic rings. The molecule has 1 heterocycles. The molecule has 2 aromatic carbocycles. The van der Waals surface area contributed by atoms with Crippen LogP contribution in [0.2, 0.25) is 0 Å². The number of thiocarbonyl (C=S) groups is 1. The number of alkyl halides is 3. The maximum atomic E-state index is 13.2. The third-order valence-corrected chi connectivity index (χ3v) is 4.84. The van der Waals surface area contributed by atoms with E-state index in [2.05, 4.69) is 10.6 Å². The molecule has 32 heavy (non-hydrogen) atoms. The molecule has 0 spiro atoms. The lowest BCUT2D eigenvalue weighted by Gasteiger charge is -2.31. The van der Waals surface area contributed by atoms with E-state index < -0.39 is 17.6 Å². The van der Waals surface area contributed by atoms with Crippen molar-refractivity contribution in [3.8, 4) is 5.75 Å². The van der Waals surface area contributed by atoms with Crippen LogP contribution in [0, 0.1) is 0 Å². The highest BCUT2D eigenvalue weighted by molar-refractivity contribution is 7.80. The Hall–Kier alpha value is -2.85. The smallest absolute Gasteiger partial charge is 0.416 e. The summed E-state index contributed by atoms with van der Waals surface area (Å²) in [5, 5.41) is 5.15. The van der Waals surface area contributed by atoms with Gasteiger partial charge in [0.2, 0.25) is 0 Å². The summed E-state index contributed by atoms with van der Waals surface area (Å²) in [6.07, 6.45) is -4.51. The highest BCUT2D eigenvalue weighted by atomic mass is 32.1. The maximum absolute atomic E-state index is 13.2. The molecule has 2 N–H and O–H groups in total. The molecule has 1 fully saturated rings. The van der Waals surface area contributed by atoms with Crippen molar-refractivity contribution < 1.29 is 27.4 Å². The number of amides is 1. The van der Waals surface area contributed by atoms with Gasteiger partial charge in [0.15, 0.2) is 5.11 Å². The van der Waals surface area contributed by atoms with E-state index in [0.29, 0.717) is 43.3 Å². The van der Waals surface area contributed by atoms with Crippen molar-refractivity contribution in [1.29, 1.82) is 0 Å². The number of hydrogen-bond donors (Lipinski definition) is 2. The number of rotatable bonds is 5. The largest absolute Gasteiger partial charge is 0.491 e. The van der Waals surface area contributed by atoms with Crippen LogP contribution in [0.3, 0.4) is 0 Å². The van der Waals surface area contributed by atoms with E-state index in [1.807, 2.05) is 18.7 Å². The standard InChI is InChI=1S/C22H24F3N3O3S/c1-14(2)31-17-6-3-15(4-7-17)20(29)27-21(32)26-18-13-16(22(23,24)25)5-8-19(18)28-9-11-30-12-10-28/h3-8,13-14H,9-12H2,1-2H3,(H2,26,27,29,32). The minimum Gasteiger partial charge on any atom is -0.491 e. The number of nitrogens with zero attached hydrogens (tertiary/aromatic N) is 1. The molecule has 1 amide bonds. The van der Waals surface area contributed by atoms with E-state index in [0.717, 1.165) is 12.1 Å². The first-order valence-electron chi connectivity index (χ1n) is 10.1. The summed E-state index contributed by atoms with van der Waals surface area (Å²) in [5.41, 5.74) is 0.232. The van der Waals surface area contributed by atoms with Crippen molar-refractivity contribution in [3.63, 3.8) is 0 Å².